The fourth-order valence-corrected chi connectivity index (χ4v) is 3.31. The van der Waals surface area contributed by atoms with Crippen molar-refractivity contribution in [2.45, 2.75) is 38.8 Å². The number of carboxylic acids is 1. The van der Waals surface area contributed by atoms with E-state index in [0.717, 1.165) is 17.2 Å². The van der Waals surface area contributed by atoms with Gasteiger partial charge in [-0.25, -0.2) is 9.48 Å². The van der Waals surface area contributed by atoms with Crippen LogP contribution in [0.4, 0.5) is 5.82 Å². The Morgan fingerprint density at radius 3 is 3.05 bits per heavy atom. The predicted molar refractivity (Wildman–Crippen MR) is 86.3 cm³/mol. The molecule has 114 valence electrons. The summed E-state index contributed by atoms with van der Waals surface area (Å²) in [6, 6.07) is -0.0368. The molecule has 1 aliphatic rings. The van der Waals surface area contributed by atoms with Gasteiger partial charge in [0.2, 0.25) is 0 Å². The fourth-order valence-electron chi connectivity index (χ4n) is 2.52. The van der Waals surface area contributed by atoms with E-state index in [0.29, 0.717) is 5.82 Å². The van der Waals surface area contributed by atoms with Crippen molar-refractivity contribution in [2.24, 2.45) is 4.99 Å². The summed E-state index contributed by atoms with van der Waals surface area (Å²) in [6.07, 6.45) is 3.70. The van der Waals surface area contributed by atoms with E-state index in [1.54, 1.807) is 16.4 Å². The van der Waals surface area contributed by atoms with Crippen LogP contribution in [0, 0.1) is 0 Å². The molecule has 6 nitrogen and oxygen atoms in total. The van der Waals surface area contributed by atoms with Crippen LogP contribution in [0.25, 0.3) is 0 Å². The molecule has 1 aromatic heterocycles. The SMILES string of the molecule is C=C/N=C(\SCC)C1CC(C)(C)n2ncc(C(=O)O)c2N1. The molecule has 0 aromatic carbocycles. The van der Waals surface area contributed by atoms with Crippen molar-refractivity contribution >= 4 is 28.6 Å². The summed E-state index contributed by atoms with van der Waals surface area (Å²) in [6.45, 7) is 9.81. The highest BCUT2D eigenvalue weighted by atomic mass is 32.2. The first-order valence-electron chi connectivity index (χ1n) is 6.80. The average molecular weight is 308 g/mol. The lowest BCUT2D eigenvalue weighted by molar-refractivity contribution is 0.0697. The van der Waals surface area contributed by atoms with Crippen molar-refractivity contribution < 1.29 is 9.90 Å². The van der Waals surface area contributed by atoms with Crippen molar-refractivity contribution in [3.8, 4) is 0 Å². The van der Waals surface area contributed by atoms with Gasteiger partial charge < -0.3 is 10.4 Å². The molecule has 1 atom stereocenters. The largest absolute Gasteiger partial charge is 0.477 e. The number of aromatic nitrogens is 2. The third kappa shape index (κ3) is 2.97. The molecular formula is C14H20N4O2S. The van der Waals surface area contributed by atoms with Gasteiger partial charge in [-0.2, -0.15) is 5.10 Å². The molecule has 1 aliphatic heterocycles. The van der Waals surface area contributed by atoms with Crippen LogP contribution in [0.5, 0.6) is 0 Å². The molecule has 21 heavy (non-hydrogen) atoms. The third-order valence-electron chi connectivity index (χ3n) is 3.40. The molecule has 1 unspecified atom stereocenters. The summed E-state index contributed by atoms with van der Waals surface area (Å²) in [5, 5.41) is 17.7. The standard InChI is InChI=1S/C14H20N4O2S/c1-5-15-12(21-6-2)10-7-14(3,4)18-11(17-10)9(8-16-18)13(19)20/h5,8,10,17H,1,6-7H2,2-4H3,(H,19,20)/b15-12-. The van der Waals surface area contributed by atoms with Gasteiger partial charge in [0.15, 0.2) is 0 Å². The maximum Gasteiger partial charge on any atom is 0.341 e. The maximum atomic E-state index is 11.3. The number of anilines is 1. The van der Waals surface area contributed by atoms with Gasteiger partial charge in [0.1, 0.15) is 11.4 Å². The number of hydrogen-bond donors (Lipinski definition) is 2. The summed E-state index contributed by atoms with van der Waals surface area (Å²) in [5.41, 5.74) is -0.0953. The summed E-state index contributed by atoms with van der Waals surface area (Å²) in [4.78, 5) is 15.7. The Morgan fingerprint density at radius 1 is 1.76 bits per heavy atom. The number of carboxylic acid groups (broad SMARTS) is 1. The first kappa shape index (κ1) is 15.6. The molecule has 0 fully saturated rings. The van der Waals surface area contributed by atoms with Gasteiger partial charge >= 0.3 is 5.97 Å². The van der Waals surface area contributed by atoms with E-state index in [-0.39, 0.29) is 17.1 Å². The molecule has 2 heterocycles. The van der Waals surface area contributed by atoms with Crippen LogP contribution in [0.2, 0.25) is 0 Å². The molecule has 0 spiro atoms. The van der Waals surface area contributed by atoms with E-state index in [1.165, 1.54) is 12.4 Å². The van der Waals surface area contributed by atoms with Crippen LogP contribution in [0.3, 0.4) is 0 Å². The van der Waals surface area contributed by atoms with Gasteiger partial charge in [-0.1, -0.05) is 13.5 Å². The minimum absolute atomic E-state index is 0.0368. The molecule has 7 heteroatoms. The number of hydrogen-bond acceptors (Lipinski definition) is 5. The zero-order valence-corrected chi connectivity index (χ0v) is 13.3. The number of thioether (sulfide) groups is 1. The van der Waals surface area contributed by atoms with Crippen LogP contribution >= 0.6 is 11.8 Å². The van der Waals surface area contributed by atoms with Crippen LogP contribution in [-0.4, -0.2) is 37.7 Å². The van der Waals surface area contributed by atoms with Gasteiger partial charge in [-0.05, 0) is 26.0 Å². The van der Waals surface area contributed by atoms with Crippen molar-refractivity contribution in [1.29, 1.82) is 0 Å². The minimum atomic E-state index is -0.981. The van der Waals surface area contributed by atoms with Crippen LogP contribution in [-0.2, 0) is 5.54 Å². The van der Waals surface area contributed by atoms with Crippen LogP contribution < -0.4 is 5.32 Å². The number of nitrogens with zero attached hydrogens (tertiary/aromatic N) is 3. The number of fused-ring (bicyclic) bond motifs is 1. The normalized spacial score (nSPS) is 20.5. The van der Waals surface area contributed by atoms with Crippen molar-refractivity contribution in [2.75, 3.05) is 11.1 Å². The lowest BCUT2D eigenvalue weighted by Crippen LogP contribution is -2.45. The average Bonchev–Trinajstić information content (AvgIpc) is 2.82. The molecular weight excluding hydrogens is 288 g/mol. The minimum Gasteiger partial charge on any atom is -0.477 e. The highest BCUT2D eigenvalue weighted by Gasteiger charge is 2.37. The summed E-state index contributed by atoms with van der Waals surface area (Å²) in [5.74, 6) is 0.457. The summed E-state index contributed by atoms with van der Waals surface area (Å²) < 4.78 is 1.75. The summed E-state index contributed by atoms with van der Waals surface area (Å²) >= 11 is 1.64. The topological polar surface area (TPSA) is 79.5 Å². The molecule has 0 saturated carbocycles. The van der Waals surface area contributed by atoms with Crippen molar-refractivity contribution in [3.05, 3.63) is 24.5 Å². The Kier molecular flexibility index (Phi) is 4.41. The predicted octanol–water partition coefficient (Wildman–Crippen LogP) is 2.80. The van der Waals surface area contributed by atoms with E-state index >= 15 is 0 Å². The van der Waals surface area contributed by atoms with Crippen LogP contribution in [0.15, 0.2) is 24.0 Å². The fraction of sp³-hybridized carbons (Fsp3) is 0.500. The van der Waals surface area contributed by atoms with E-state index in [2.05, 4.69) is 28.9 Å². The van der Waals surface area contributed by atoms with Crippen molar-refractivity contribution in [3.63, 3.8) is 0 Å². The van der Waals surface area contributed by atoms with Crippen molar-refractivity contribution in [1.82, 2.24) is 9.78 Å². The molecule has 0 saturated heterocycles. The molecule has 2 rings (SSSR count). The van der Waals surface area contributed by atoms with E-state index in [9.17, 15) is 9.90 Å². The second-order valence-corrected chi connectivity index (χ2v) is 6.70. The second kappa shape index (κ2) is 5.93. The van der Waals surface area contributed by atoms with Gasteiger partial charge in [0.25, 0.3) is 0 Å². The highest BCUT2D eigenvalue weighted by Crippen LogP contribution is 2.35. The molecule has 0 bridgehead atoms. The smallest absolute Gasteiger partial charge is 0.341 e. The lowest BCUT2D eigenvalue weighted by Gasteiger charge is -2.38. The Labute approximate surface area is 128 Å². The Morgan fingerprint density at radius 2 is 2.48 bits per heavy atom. The number of rotatable bonds is 4. The zero-order chi connectivity index (χ0) is 15.6. The second-order valence-electron chi connectivity index (χ2n) is 5.42. The zero-order valence-electron chi connectivity index (χ0n) is 12.5. The molecule has 0 amide bonds. The highest BCUT2D eigenvalue weighted by molar-refractivity contribution is 8.14. The van der Waals surface area contributed by atoms with Gasteiger partial charge in [-0.15, -0.1) is 11.8 Å². The Hall–Kier alpha value is -1.76. The monoisotopic (exact) mass is 308 g/mol. The lowest BCUT2D eigenvalue weighted by atomic mass is 9.93. The first-order valence-corrected chi connectivity index (χ1v) is 7.79. The van der Waals surface area contributed by atoms with Gasteiger partial charge in [-0.3, -0.25) is 4.99 Å². The maximum absolute atomic E-state index is 11.3. The first-order chi connectivity index (χ1) is 9.90. The number of nitrogens with one attached hydrogen (secondary N) is 1. The number of aromatic carboxylic acids is 1. The molecule has 2 N–H and O–H groups in total. The van der Waals surface area contributed by atoms with E-state index in [4.69, 9.17) is 0 Å². The molecule has 1 aromatic rings. The van der Waals surface area contributed by atoms with Gasteiger partial charge in [0.05, 0.1) is 22.8 Å². The Bertz CT molecular complexity index is 592. The van der Waals surface area contributed by atoms with Crippen LogP contribution in [0.1, 0.15) is 37.6 Å². The number of carbonyl (C=O) groups is 1. The number of aliphatic imine (C=N–C) groups is 1. The van der Waals surface area contributed by atoms with E-state index < -0.39 is 5.97 Å². The quantitative estimate of drug-likeness (QED) is 0.660. The van der Waals surface area contributed by atoms with Gasteiger partial charge in [0, 0.05) is 6.20 Å². The Balaban J connectivity index is 2.43. The third-order valence-corrected chi connectivity index (χ3v) is 4.37. The van der Waals surface area contributed by atoms with E-state index in [1.807, 2.05) is 13.8 Å². The molecule has 0 radical (unpaired) electrons. The summed E-state index contributed by atoms with van der Waals surface area (Å²) in [7, 11) is 0. The molecule has 0 aliphatic carbocycles.